The van der Waals surface area contributed by atoms with E-state index in [4.69, 9.17) is 23.7 Å². The molecule has 0 amide bonds. The first-order valence-corrected chi connectivity index (χ1v) is 7.12. The highest BCUT2D eigenvalue weighted by Crippen LogP contribution is 2.42. The van der Waals surface area contributed by atoms with Gasteiger partial charge in [-0.3, -0.25) is 0 Å². The van der Waals surface area contributed by atoms with Crippen LogP contribution in [0.3, 0.4) is 0 Å². The predicted octanol–water partition coefficient (Wildman–Crippen LogP) is 0.0679. The van der Waals surface area contributed by atoms with Gasteiger partial charge in [0.15, 0.2) is 6.10 Å². The number of aliphatic hydroxyl groups excluding tert-OH is 1. The zero-order chi connectivity index (χ0) is 15.3. The molecule has 0 aromatic heterocycles. The number of hydrogen-bond acceptors (Lipinski definition) is 7. The predicted molar refractivity (Wildman–Crippen MR) is 70.9 cm³/mol. The van der Waals surface area contributed by atoms with Gasteiger partial charge in [0.05, 0.1) is 5.56 Å². The smallest absolute Gasteiger partial charge is 0.338 e. The first-order chi connectivity index (χ1) is 10.7. The Kier molecular flexibility index (Phi) is 3.39. The van der Waals surface area contributed by atoms with Crippen LogP contribution in [0.25, 0.3) is 0 Å². The van der Waals surface area contributed by atoms with Crippen LogP contribution in [0.2, 0.25) is 0 Å². The summed E-state index contributed by atoms with van der Waals surface area (Å²) in [6.45, 7) is -0.846. The molecule has 1 aromatic rings. The van der Waals surface area contributed by atoms with Crippen LogP contribution < -0.4 is 0 Å². The van der Waals surface area contributed by atoms with Crippen molar-refractivity contribution < 1.29 is 33.6 Å². The van der Waals surface area contributed by atoms with Crippen molar-refractivity contribution in [3.05, 3.63) is 35.9 Å². The molecule has 3 aliphatic heterocycles. The number of hydrogen-bond donors (Lipinski definition) is 1. The van der Waals surface area contributed by atoms with Gasteiger partial charge in [0, 0.05) is 7.11 Å². The van der Waals surface area contributed by atoms with Crippen LogP contribution in [0.5, 0.6) is 0 Å². The van der Waals surface area contributed by atoms with Crippen molar-refractivity contribution in [2.24, 2.45) is 0 Å². The van der Waals surface area contributed by atoms with Gasteiger partial charge in [-0.1, -0.05) is 18.2 Å². The second kappa shape index (κ2) is 5.29. The molecule has 4 fully saturated rings. The lowest BCUT2D eigenvalue weighted by atomic mass is 9.82. The maximum absolute atomic E-state index is 12.3. The Bertz CT molecular complexity index is 562. The van der Waals surface area contributed by atoms with Crippen LogP contribution in [-0.4, -0.2) is 61.3 Å². The van der Waals surface area contributed by atoms with E-state index < -0.39 is 49.1 Å². The number of carbonyl (C=O) groups is 1. The summed E-state index contributed by atoms with van der Waals surface area (Å²) in [5.41, 5.74) is 0.427. The van der Waals surface area contributed by atoms with Crippen LogP contribution in [0, 0.1) is 0 Å². The van der Waals surface area contributed by atoms with Crippen molar-refractivity contribution in [1.82, 2.24) is 0 Å². The van der Waals surface area contributed by atoms with Gasteiger partial charge < -0.3 is 28.8 Å². The summed E-state index contributed by atoms with van der Waals surface area (Å²) < 4.78 is 27.3. The lowest BCUT2D eigenvalue weighted by Crippen LogP contribution is -2.75. The Hall–Kier alpha value is -1.51. The minimum atomic E-state index is -0.935. The molecule has 5 rings (SSSR count). The van der Waals surface area contributed by atoms with Gasteiger partial charge in [-0.2, -0.15) is 0 Å². The van der Waals surface area contributed by atoms with Gasteiger partial charge in [-0.25, -0.2) is 4.79 Å². The second-order valence-electron chi connectivity index (χ2n) is 5.52. The highest BCUT2D eigenvalue weighted by Gasteiger charge is 2.63. The zero-order valence-corrected chi connectivity index (χ0v) is 11.8. The summed E-state index contributed by atoms with van der Waals surface area (Å²) in [5.74, 6) is -0.492. The fourth-order valence-corrected chi connectivity index (χ4v) is 3.26. The summed E-state index contributed by atoms with van der Waals surface area (Å²) in [4.78, 5) is 12.3. The average Bonchev–Trinajstić information content (AvgIpc) is 2.55. The number of methoxy groups -OCH3 is 1. The molecule has 7 nitrogen and oxygen atoms in total. The summed E-state index contributed by atoms with van der Waals surface area (Å²) in [7, 11) is 1.50. The third kappa shape index (κ3) is 2.05. The van der Waals surface area contributed by atoms with Crippen molar-refractivity contribution in [3.8, 4) is 0 Å². The fraction of sp³-hybridized carbons (Fsp3) is 0.533. The van der Waals surface area contributed by atoms with Gasteiger partial charge in [0.2, 0.25) is 0 Å². The molecule has 0 spiro atoms. The fourth-order valence-electron chi connectivity index (χ4n) is 3.26. The van der Waals surface area contributed by atoms with Crippen molar-refractivity contribution in [2.45, 2.75) is 43.1 Å². The summed E-state index contributed by atoms with van der Waals surface area (Å²) >= 11 is 0. The van der Waals surface area contributed by atoms with Crippen molar-refractivity contribution in [3.63, 3.8) is 0 Å². The molecule has 4 aliphatic rings. The normalized spacial score (nSPS) is 42.4. The van der Waals surface area contributed by atoms with E-state index in [0.717, 1.165) is 0 Å². The Morgan fingerprint density at radius 3 is 2.36 bits per heavy atom. The molecule has 3 heterocycles. The third-order valence-corrected chi connectivity index (χ3v) is 4.30. The minimum Gasteiger partial charge on any atom is -0.453 e. The number of esters is 1. The first-order valence-electron chi connectivity index (χ1n) is 7.12. The molecule has 1 unspecified atom stereocenters. The Labute approximate surface area is 126 Å². The van der Waals surface area contributed by atoms with E-state index in [-0.39, 0.29) is 0 Å². The monoisotopic (exact) mass is 308 g/mol. The largest absolute Gasteiger partial charge is 0.453 e. The topological polar surface area (TPSA) is 83.5 Å². The van der Waals surface area contributed by atoms with E-state index in [9.17, 15) is 9.90 Å². The maximum Gasteiger partial charge on any atom is 0.338 e. The Balaban J connectivity index is 1.57. The summed E-state index contributed by atoms with van der Waals surface area (Å²) in [5, 5.41) is 10.3. The molecule has 1 saturated carbocycles. The van der Waals surface area contributed by atoms with Crippen LogP contribution in [0.4, 0.5) is 0 Å². The molecular formula is C15H16O7. The molecule has 0 radical (unpaired) electrons. The first kappa shape index (κ1) is 14.1. The SMILES string of the molecule is CO[C@@H]1[C@H]2OC3O[C@@H]1[C@@H](O)[C@H](O3)[C@@H]2OC(=O)c1ccccc1. The van der Waals surface area contributed by atoms with E-state index >= 15 is 0 Å². The number of carbonyl (C=O) groups excluding carboxylic acids is 1. The van der Waals surface area contributed by atoms with E-state index in [1.807, 2.05) is 6.07 Å². The van der Waals surface area contributed by atoms with Gasteiger partial charge in [-0.05, 0) is 12.1 Å². The van der Waals surface area contributed by atoms with E-state index in [0.29, 0.717) is 5.56 Å². The lowest BCUT2D eigenvalue weighted by Gasteiger charge is -2.57. The summed E-state index contributed by atoms with van der Waals surface area (Å²) in [6.07, 6.45) is -3.94. The van der Waals surface area contributed by atoms with Crippen molar-refractivity contribution in [1.29, 1.82) is 0 Å². The molecule has 1 aliphatic carbocycles. The molecule has 22 heavy (non-hydrogen) atoms. The highest BCUT2D eigenvalue weighted by molar-refractivity contribution is 5.89. The molecule has 118 valence electrons. The van der Waals surface area contributed by atoms with Crippen molar-refractivity contribution >= 4 is 5.97 Å². The maximum atomic E-state index is 12.3. The Morgan fingerprint density at radius 2 is 1.68 bits per heavy atom. The number of ether oxygens (including phenoxy) is 5. The van der Waals surface area contributed by atoms with Crippen LogP contribution in [-0.2, 0) is 23.7 Å². The van der Waals surface area contributed by atoms with Gasteiger partial charge in [0.25, 0.3) is 6.48 Å². The highest BCUT2D eigenvalue weighted by atomic mass is 16.9. The molecule has 7 atom stereocenters. The second-order valence-corrected chi connectivity index (χ2v) is 5.52. The van der Waals surface area contributed by atoms with Crippen LogP contribution >= 0.6 is 0 Å². The molecule has 3 saturated heterocycles. The van der Waals surface area contributed by atoms with E-state index in [1.165, 1.54) is 7.11 Å². The third-order valence-electron chi connectivity index (χ3n) is 4.30. The standard InChI is InChI=1S/C15H16O7/c1-18-11-9-8(16)10-12(13(11)22-15(20-9)21-10)19-14(17)7-5-3-2-4-6-7/h2-6,8-13,15-16H,1H3/t8-,9-,10+,11+,12+,13-,15?/m1/s1. The van der Waals surface area contributed by atoms with E-state index in [1.54, 1.807) is 24.3 Å². The molecule has 7 heteroatoms. The lowest BCUT2D eigenvalue weighted by molar-refractivity contribution is -0.481. The average molecular weight is 308 g/mol. The van der Waals surface area contributed by atoms with Crippen molar-refractivity contribution in [2.75, 3.05) is 7.11 Å². The van der Waals surface area contributed by atoms with Gasteiger partial charge in [-0.15, -0.1) is 0 Å². The van der Waals surface area contributed by atoms with E-state index in [2.05, 4.69) is 0 Å². The van der Waals surface area contributed by atoms with Crippen LogP contribution in [0.1, 0.15) is 10.4 Å². The number of benzene rings is 1. The quantitative estimate of drug-likeness (QED) is 0.791. The molecule has 1 aromatic carbocycles. The molecule has 1 N–H and O–H groups in total. The number of aliphatic hydroxyl groups is 1. The Morgan fingerprint density at radius 1 is 1.05 bits per heavy atom. The summed E-state index contributed by atoms with van der Waals surface area (Å²) in [6, 6.07) is 8.64. The minimum absolute atomic E-state index is 0.427. The molecular weight excluding hydrogens is 292 g/mol. The zero-order valence-electron chi connectivity index (χ0n) is 11.8. The van der Waals surface area contributed by atoms with Gasteiger partial charge >= 0.3 is 5.97 Å². The van der Waals surface area contributed by atoms with Crippen LogP contribution in [0.15, 0.2) is 30.3 Å². The van der Waals surface area contributed by atoms with Gasteiger partial charge in [0.1, 0.15) is 30.5 Å². The molecule has 4 bridgehead atoms. The number of rotatable bonds is 3.